The van der Waals surface area contributed by atoms with Gasteiger partial charge in [-0.25, -0.2) is 4.98 Å². The van der Waals surface area contributed by atoms with Gasteiger partial charge in [-0.2, -0.15) is 0 Å². The summed E-state index contributed by atoms with van der Waals surface area (Å²) in [6.45, 7) is 12.1. The van der Waals surface area contributed by atoms with Crippen LogP contribution >= 0.6 is 0 Å². The molecular formula is C14H24N2O. The molecule has 0 saturated carbocycles. The molecule has 0 aliphatic heterocycles. The minimum absolute atomic E-state index is 0.127. The van der Waals surface area contributed by atoms with Gasteiger partial charge in [-0.15, -0.1) is 0 Å². The van der Waals surface area contributed by atoms with E-state index in [1.165, 1.54) is 5.56 Å². The first-order valence-corrected chi connectivity index (χ1v) is 6.26. The van der Waals surface area contributed by atoms with Crippen LogP contribution in [0.2, 0.25) is 0 Å². The molecule has 0 aliphatic carbocycles. The Hall–Kier alpha value is -1.09. The molecule has 3 heteroatoms. The van der Waals surface area contributed by atoms with Gasteiger partial charge in [0, 0.05) is 23.8 Å². The fourth-order valence-electron chi connectivity index (χ4n) is 1.46. The molecule has 0 spiro atoms. The second-order valence-electron chi connectivity index (χ2n) is 5.41. The summed E-state index contributed by atoms with van der Waals surface area (Å²) in [6, 6.07) is 4.11. The third-order valence-electron chi connectivity index (χ3n) is 2.27. The number of aromatic nitrogens is 1. The third kappa shape index (κ3) is 5.68. The van der Waals surface area contributed by atoms with Gasteiger partial charge in [0.15, 0.2) is 0 Å². The molecule has 0 atom stereocenters. The van der Waals surface area contributed by atoms with Crippen LogP contribution in [0.15, 0.2) is 12.1 Å². The van der Waals surface area contributed by atoms with Crippen molar-refractivity contribution in [2.24, 2.45) is 0 Å². The Labute approximate surface area is 105 Å². The normalized spacial score (nSPS) is 11.6. The van der Waals surface area contributed by atoms with E-state index in [1.54, 1.807) is 0 Å². The van der Waals surface area contributed by atoms with Gasteiger partial charge in [-0.05, 0) is 45.7 Å². The summed E-state index contributed by atoms with van der Waals surface area (Å²) >= 11 is 0. The molecule has 0 aromatic carbocycles. The molecular weight excluding hydrogens is 212 g/mol. The molecule has 0 fully saturated rings. The van der Waals surface area contributed by atoms with Gasteiger partial charge in [-0.3, -0.25) is 0 Å². The zero-order valence-electron chi connectivity index (χ0n) is 11.6. The number of hydrogen-bond acceptors (Lipinski definition) is 3. The van der Waals surface area contributed by atoms with Crippen molar-refractivity contribution in [1.29, 1.82) is 0 Å². The molecule has 1 aromatic heterocycles. The van der Waals surface area contributed by atoms with Crippen LogP contribution in [0.5, 0.6) is 5.88 Å². The lowest BCUT2D eigenvalue weighted by Gasteiger charge is -2.20. The first-order chi connectivity index (χ1) is 7.90. The van der Waals surface area contributed by atoms with E-state index in [2.05, 4.69) is 44.1 Å². The molecule has 1 aromatic rings. The molecule has 1 N–H and O–H groups in total. The summed E-state index contributed by atoms with van der Waals surface area (Å²) in [4.78, 5) is 4.37. The van der Waals surface area contributed by atoms with E-state index in [0.717, 1.165) is 31.1 Å². The number of nitrogens with zero attached hydrogens (tertiary/aromatic N) is 1. The standard InChI is InChI=1S/C14H24N2O/c1-6-7-17-13-9-12(8-11(2)16-13)10-15-14(3,4)5/h8-9,15H,6-7,10H2,1-5H3. The summed E-state index contributed by atoms with van der Waals surface area (Å²) in [7, 11) is 0. The Bertz CT molecular complexity index is 356. The quantitative estimate of drug-likeness (QED) is 0.853. The van der Waals surface area contributed by atoms with Crippen LogP contribution < -0.4 is 10.1 Å². The van der Waals surface area contributed by atoms with E-state index in [4.69, 9.17) is 4.74 Å². The Kier molecular flexibility index (Phi) is 4.94. The highest BCUT2D eigenvalue weighted by Crippen LogP contribution is 2.13. The van der Waals surface area contributed by atoms with Crippen LogP contribution in [0.4, 0.5) is 0 Å². The zero-order valence-corrected chi connectivity index (χ0v) is 11.6. The maximum Gasteiger partial charge on any atom is 0.213 e. The van der Waals surface area contributed by atoms with Gasteiger partial charge >= 0.3 is 0 Å². The second-order valence-corrected chi connectivity index (χ2v) is 5.41. The van der Waals surface area contributed by atoms with Gasteiger partial charge in [0.25, 0.3) is 0 Å². The summed E-state index contributed by atoms with van der Waals surface area (Å²) in [6.07, 6.45) is 1.01. The summed E-state index contributed by atoms with van der Waals surface area (Å²) in [5, 5.41) is 3.47. The van der Waals surface area contributed by atoms with E-state index in [-0.39, 0.29) is 5.54 Å². The van der Waals surface area contributed by atoms with Gasteiger partial charge in [0.2, 0.25) is 5.88 Å². The third-order valence-corrected chi connectivity index (χ3v) is 2.27. The van der Waals surface area contributed by atoms with Crippen molar-refractivity contribution in [2.75, 3.05) is 6.61 Å². The highest BCUT2D eigenvalue weighted by Gasteiger charge is 2.09. The minimum atomic E-state index is 0.127. The predicted octanol–water partition coefficient (Wildman–Crippen LogP) is 3.07. The van der Waals surface area contributed by atoms with E-state index in [9.17, 15) is 0 Å². The van der Waals surface area contributed by atoms with E-state index < -0.39 is 0 Å². The summed E-state index contributed by atoms with van der Waals surface area (Å²) < 4.78 is 5.57. The van der Waals surface area contributed by atoms with Gasteiger partial charge in [0.1, 0.15) is 0 Å². The predicted molar refractivity (Wildman–Crippen MR) is 71.4 cm³/mol. The highest BCUT2D eigenvalue weighted by molar-refractivity contribution is 5.24. The maximum absolute atomic E-state index is 5.57. The van der Waals surface area contributed by atoms with Gasteiger partial charge in [-0.1, -0.05) is 6.92 Å². The largest absolute Gasteiger partial charge is 0.478 e. The number of ether oxygens (including phenoxy) is 1. The molecule has 96 valence electrons. The van der Waals surface area contributed by atoms with E-state index in [1.807, 2.05) is 13.0 Å². The first kappa shape index (κ1) is 14.0. The molecule has 1 heterocycles. The topological polar surface area (TPSA) is 34.1 Å². The van der Waals surface area contributed by atoms with Crippen LogP contribution in [0.25, 0.3) is 0 Å². The van der Waals surface area contributed by atoms with Crippen molar-refractivity contribution in [2.45, 2.75) is 53.1 Å². The number of aryl methyl sites for hydroxylation is 1. The molecule has 0 aliphatic rings. The Morgan fingerprint density at radius 1 is 1.29 bits per heavy atom. The average molecular weight is 236 g/mol. The molecule has 1 rings (SSSR count). The van der Waals surface area contributed by atoms with Crippen LogP contribution in [-0.4, -0.2) is 17.1 Å². The molecule has 0 saturated heterocycles. The number of hydrogen-bond donors (Lipinski definition) is 1. The van der Waals surface area contributed by atoms with E-state index >= 15 is 0 Å². The van der Waals surface area contributed by atoms with Crippen molar-refractivity contribution in [1.82, 2.24) is 10.3 Å². The smallest absolute Gasteiger partial charge is 0.213 e. The molecule has 0 bridgehead atoms. The van der Waals surface area contributed by atoms with Crippen LogP contribution in [-0.2, 0) is 6.54 Å². The fourth-order valence-corrected chi connectivity index (χ4v) is 1.46. The first-order valence-electron chi connectivity index (χ1n) is 6.26. The number of pyridine rings is 1. The SMILES string of the molecule is CCCOc1cc(CNC(C)(C)C)cc(C)n1. The Morgan fingerprint density at radius 3 is 2.59 bits per heavy atom. The monoisotopic (exact) mass is 236 g/mol. The van der Waals surface area contributed by atoms with Crippen molar-refractivity contribution in [3.63, 3.8) is 0 Å². The van der Waals surface area contributed by atoms with Gasteiger partial charge in [0.05, 0.1) is 6.61 Å². The maximum atomic E-state index is 5.57. The van der Waals surface area contributed by atoms with Crippen molar-refractivity contribution in [3.8, 4) is 5.88 Å². The summed E-state index contributed by atoms with van der Waals surface area (Å²) in [5.41, 5.74) is 2.35. The summed E-state index contributed by atoms with van der Waals surface area (Å²) in [5.74, 6) is 0.734. The average Bonchev–Trinajstić information content (AvgIpc) is 2.22. The fraction of sp³-hybridized carbons (Fsp3) is 0.643. The van der Waals surface area contributed by atoms with Gasteiger partial charge < -0.3 is 10.1 Å². The Morgan fingerprint density at radius 2 is 2.00 bits per heavy atom. The molecule has 0 radical (unpaired) electrons. The molecule has 0 unspecified atom stereocenters. The van der Waals surface area contributed by atoms with Crippen molar-refractivity contribution < 1.29 is 4.74 Å². The van der Waals surface area contributed by atoms with Crippen LogP contribution in [0, 0.1) is 6.92 Å². The minimum Gasteiger partial charge on any atom is -0.478 e. The lowest BCUT2D eigenvalue weighted by molar-refractivity contribution is 0.304. The van der Waals surface area contributed by atoms with Crippen molar-refractivity contribution >= 4 is 0 Å². The zero-order chi connectivity index (χ0) is 12.9. The lowest BCUT2D eigenvalue weighted by Crippen LogP contribution is -2.35. The highest BCUT2D eigenvalue weighted by atomic mass is 16.5. The van der Waals surface area contributed by atoms with Crippen molar-refractivity contribution in [3.05, 3.63) is 23.4 Å². The van der Waals surface area contributed by atoms with Crippen LogP contribution in [0.1, 0.15) is 45.4 Å². The number of nitrogens with one attached hydrogen (secondary N) is 1. The molecule has 17 heavy (non-hydrogen) atoms. The second kappa shape index (κ2) is 6.01. The lowest BCUT2D eigenvalue weighted by atomic mass is 10.1. The van der Waals surface area contributed by atoms with Crippen LogP contribution in [0.3, 0.4) is 0 Å². The number of rotatable bonds is 5. The van der Waals surface area contributed by atoms with E-state index in [0.29, 0.717) is 0 Å². The Balaban J connectivity index is 2.68. The molecule has 3 nitrogen and oxygen atoms in total. The molecule has 0 amide bonds.